The fraction of sp³-hybridized carbons (Fsp3) is 0.0217. The summed E-state index contributed by atoms with van der Waals surface area (Å²) in [4.78, 5) is 15.0. The topological polar surface area (TPSA) is 62.8 Å². The molecule has 1 aliphatic rings. The molecule has 9 aromatic rings. The molecule has 240 valence electrons. The van der Waals surface area contributed by atoms with Gasteiger partial charge in [-0.05, 0) is 73.6 Å². The van der Waals surface area contributed by atoms with Gasteiger partial charge in [0.2, 0.25) is 0 Å². The third-order valence-electron chi connectivity index (χ3n) is 9.83. The Bertz CT molecular complexity index is 2840. The molecule has 1 unspecified atom stereocenters. The van der Waals surface area contributed by atoms with Crippen molar-refractivity contribution in [2.45, 2.75) is 6.17 Å². The summed E-state index contributed by atoms with van der Waals surface area (Å²) >= 11 is 0. The maximum absolute atomic E-state index is 6.21. The highest BCUT2D eigenvalue weighted by Crippen LogP contribution is 2.42. The minimum atomic E-state index is -0.268. The summed E-state index contributed by atoms with van der Waals surface area (Å²) in [5, 5.41) is 9.22. The second-order valence-electron chi connectivity index (χ2n) is 12.8. The predicted octanol–water partition coefficient (Wildman–Crippen LogP) is 11.1. The number of rotatable bonds is 5. The highest BCUT2D eigenvalue weighted by atomic mass is 16.3. The van der Waals surface area contributed by atoms with Crippen molar-refractivity contribution in [2.75, 3.05) is 0 Å². The van der Waals surface area contributed by atoms with Crippen LogP contribution in [0.15, 0.2) is 184 Å². The van der Waals surface area contributed by atoms with E-state index in [1.54, 1.807) is 0 Å². The predicted molar refractivity (Wildman–Crippen MR) is 209 cm³/mol. The lowest BCUT2D eigenvalue weighted by atomic mass is 9.88. The summed E-state index contributed by atoms with van der Waals surface area (Å²) in [7, 11) is 0. The maximum Gasteiger partial charge on any atom is 0.160 e. The first-order valence-corrected chi connectivity index (χ1v) is 17.1. The van der Waals surface area contributed by atoms with Crippen LogP contribution in [0.2, 0.25) is 0 Å². The van der Waals surface area contributed by atoms with Gasteiger partial charge in [0.15, 0.2) is 11.4 Å². The standard InChI is InChI=1S/C46H30N4O/c1-3-13-29(14-4-1)44-48-45(30-15-5-2-6-16-30)50-46(49-44)39-27-26-36(33-19-9-10-20-34(33)39)35-24-25-37(32-18-8-7-17-31(32)35)38-21-11-22-40-42(38)43-41(51-40)23-12-28-47-43/h1-28,44H,(H,48,49,50). The molecule has 2 aromatic heterocycles. The van der Waals surface area contributed by atoms with Gasteiger partial charge in [-0.25, -0.2) is 9.98 Å². The Hall–Kier alpha value is -6.85. The van der Waals surface area contributed by atoms with E-state index in [0.717, 1.165) is 72.1 Å². The van der Waals surface area contributed by atoms with Gasteiger partial charge in [0, 0.05) is 17.3 Å². The molecule has 3 heterocycles. The summed E-state index contributed by atoms with van der Waals surface area (Å²) in [6.45, 7) is 0. The van der Waals surface area contributed by atoms with Gasteiger partial charge >= 0.3 is 0 Å². The van der Waals surface area contributed by atoms with E-state index < -0.39 is 0 Å². The van der Waals surface area contributed by atoms with Crippen LogP contribution in [0.4, 0.5) is 0 Å². The smallest absolute Gasteiger partial charge is 0.160 e. The van der Waals surface area contributed by atoms with Crippen LogP contribution in [0.3, 0.4) is 0 Å². The number of pyridine rings is 1. The lowest BCUT2D eigenvalue weighted by Crippen LogP contribution is -2.33. The van der Waals surface area contributed by atoms with Crippen LogP contribution in [-0.2, 0) is 0 Å². The average molecular weight is 655 g/mol. The highest BCUT2D eigenvalue weighted by molar-refractivity contribution is 6.21. The molecule has 51 heavy (non-hydrogen) atoms. The first-order chi connectivity index (χ1) is 25.3. The van der Waals surface area contributed by atoms with E-state index in [-0.39, 0.29) is 6.17 Å². The lowest BCUT2D eigenvalue weighted by molar-refractivity contribution is 0.668. The van der Waals surface area contributed by atoms with Gasteiger partial charge in [-0.1, -0.05) is 140 Å². The van der Waals surface area contributed by atoms with Crippen molar-refractivity contribution >= 4 is 55.3 Å². The van der Waals surface area contributed by atoms with E-state index >= 15 is 0 Å². The van der Waals surface area contributed by atoms with Crippen molar-refractivity contribution in [3.8, 4) is 22.3 Å². The number of aliphatic imine (C=N–C) groups is 2. The van der Waals surface area contributed by atoms with E-state index in [2.05, 4.69) is 127 Å². The van der Waals surface area contributed by atoms with Crippen molar-refractivity contribution in [3.05, 3.63) is 187 Å². The van der Waals surface area contributed by atoms with E-state index in [1.165, 1.54) is 16.3 Å². The molecule has 5 nitrogen and oxygen atoms in total. The molecule has 0 fully saturated rings. The minimum absolute atomic E-state index is 0.268. The number of amidine groups is 2. The van der Waals surface area contributed by atoms with Crippen molar-refractivity contribution in [1.82, 2.24) is 10.3 Å². The van der Waals surface area contributed by atoms with Crippen LogP contribution in [-0.4, -0.2) is 16.7 Å². The van der Waals surface area contributed by atoms with E-state index in [9.17, 15) is 0 Å². The lowest BCUT2D eigenvalue weighted by Gasteiger charge is -2.24. The van der Waals surface area contributed by atoms with E-state index in [1.807, 2.05) is 48.7 Å². The highest BCUT2D eigenvalue weighted by Gasteiger charge is 2.23. The molecule has 0 saturated heterocycles. The molecule has 7 aromatic carbocycles. The zero-order valence-electron chi connectivity index (χ0n) is 27.5. The van der Waals surface area contributed by atoms with Crippen LogP contribution >= 0.6 is 0 Å². The molecule has 0 saturated carbocycles. The van der Waals surface area contributed by atoms with Crippen molar-refractivity contribution < 1.29 is 4.42 Å². The molecule has 0 amide bonds. The number of hydrogen-bond donors (Lipinski definition) is 1. The zero-order valence-corrected chi connectivity index (χ0v) is 27.5. The fourth-order valence-electron chi connectivity index (χ4n) is 7.48. The third kappa shape index (κ3) is 4.90. The number of fused-ring (bicyclic) bond motifs is 5. The first kappa shape index (κ1) is 29.1. The van der Waals surface area contributed by atoms with Crippen molar-refractivity contribution in [3.63, 3.8) is 0 Å². The monoisotopic (exact) mass is 654 g/mol. The molecule has 1 N–H and O–H groups in total. The third-order valence-corrected chi connectivity index (χ3v) is 9.83. The Labute approximate surface area is 294 Å². The molecular weight excluding hydrogens is 625 g/mol. The van der Waals surface area contributed by atoms with Crippen LogP contribution in [0, 0.1) is 0 Å². The number of aromatic nitrogens is 1. The molecule has 0 spiro atoms. The van der Waals surface area contributed by atoms with Crippen molar-refractivity contribution in [1.29, 1.82) is 0 Å². The summed E-state index contributed by atoms with van der Waals surface area (Å²) in [5.41, 5.74) is 10.2. The molecule has 10 rings (SSSR count). The quantitative estimate of drug-likeness (QED) is 0.201. The summed E-state index contributed by atoms with van der Waals surface area (Å²) in [6, 6.07) is 56.9. The Kier molecular flexibility index (Phi) is 6.81. The van der Waals surface area contributed by atoms with Crippen LogP contribution in [0.25, 0.3) is 65.9 Å². The first-order valence-electron chi connectivity index (χ1n) is 17.1. The van der Waals surface area contributed by atoms with E-state index in [4.69, 9.17) is 19.4 Å². The number of hydrogen-bond acceptors (Lipinski definition) is 5. The fourth-order valence-corrected chi connectivity index (χ4v) is 7.48. The summed E-state index contributed by atoms with van der Waals surface area (Å²) in [6.07, 6.45) is 1.56. The Morgan fingerprint density at radius 3 is 1.73 bits per heavy atom. The maximum atomic E-state index is 6.21. The van der Waals surface area contributed by atoms with Crippen LogP contribution in [0.5, 0.6) is 0 Å². The van der Waals surface area contributed by atoms with Crippen LogP contribution in [0.1, 0.15) is 22.9 Å². The van der Waals surface area contributed by atoms with Gasteiger partial charge < -0.3 is 9.73 Å². The number of benzene rings is 7. The van der Waals surface area contributed by atoms with Gasteiger partial charge in [0.1, 0.15) is 23.1 Å². The van der Waals surface area contributed by atoms with E-state index in [0.29, 0.717) is 5.84 Å². The largest absolute Gasteiger partial charge is 0.454 e. The number of furan rings is 1. The van der Waals surface area contributed by atoms with Gasteiger partial charge in [-0.2, -0.15) is 0 Å². The normalized spacial score (nSPS) is 14.5. The second kappa shape index (κ2) is 11.9. The molecule has 0 bridgehead atoms. The summed E-state index contributed by atoms with van der Waals surface area (Å²) < 4.78 is 6.21. The zero-order chi connectivity index (χ0) is 33.7. The molecule has 5 heteroatoms. The second-order valence-corrected chi connectivity index (χ2v) is 12.8. The Morgan fingerprint density at radius 2 is 1.04 bits per heavy atom. The Balaban J connectivity index is 1.15. The average Bonchev–Trinajstić information content (AvgIpc) is 3.60. The SMILES string of the molecule is c1ccc(C2=NC(c3ccc(-c4ccc(-c5cccc6oc7cccnc7c56)c5ccccc45)c4ccccc34)=NC(c3ccccc3)N2)cc1. The molecule has 1 atom stereocenters. The van der Waals surface area contributed by atoms with Gasteiger partial charge in [0.25, 0.3) is 0 Å². The molecular formula is C46H30N4O. The minimum Gasteiger partial charge on any atom is -0.454 e. The van der Waals surface area contributed by atoms with Gasteiger partial charge in [-0.15, -0.1) is 0 Å². The molecule has 1 aliphatic heterocycles. The van der Waals surface area contributed by atoms with Crippen molar-refractivity contribution in [2.24, 2.45) is 9.98 Å². The number of nitrogens with zero attached hydrogens (tertiary/aromatic N) is 3. The number of nitrogens with one attached hydrogen (secondary N) is 1. The summed E-state index contributed by atoms with van der Waals surface area (Å²) in [5.74, 6) is 1.51. The molecule has 0 aliphatic carbocycles. The Morgan fingerprint density at radius 1 is 0.471 bits per heavy atom. The molecule has 0 radical (unpaired) electrons. The van der Waals surface area contributed by atoms with Gasteiger partial charge in [-0.3, -0.25) is 4.98 Å². The van der Waals surface area contributed by atoms with Gasteiger partial charge in [0.05, 0.1) is 5.39 Å². The van der Waals surface area contributed by atoms with Crippen LogP contribution < -0.4 is 5.32 Å².